The molecule has 72 valence electrons. The van der Waals surface area contributed by atoms with E-state index in [-0.39, 0.29) is 5.88 Å². The Kier molecular flexibility index (Phi) is 3.49. The average molecular weight is 182 g/mol. The molecule has 4 nitrogen and oxygen atoms in total. The monoisotopic (exact) mass is 182 g/mol. The van der Waals surface area contributed by atoms with E-state index >= 15 is 0 Å². The molecule has 0 amide bonds. The minimum atomic E-state index is -0.209. The molecule has 1 aliphatic rings. The zero-order valence-electron chi connectivity index (χ0n) is 7.73. The second-order valence-corrected chi connectivity index (χ2v) is 3.07. The molecule has 1 rings (SSSR count). The summed E-state index contributed by atoms with van der Waals surface area (Å²) < 4.78 is 0. The van der Waals surface area contributed by atoms with Crippen LogP contribution in [0.15, 0.2) is 17.0 Å². The van der Waals surface area contributed by atoms with E-state index < -0.39 is 0 Å². The maximum Gasteiger partial charge on any atom is 0.215 e. The smallest absolute Gasteiger partial charge is 0.215 e. The van der Waals surface area contributed by atoms with Gasteiger partial charge in [-0.3, -0.25) is 4.79 Å². The average Bonchev–Trinajstić information content (AvgIpc) is 2.09. The van der Waals surface area contributed by atoms with Gasteiger partial charge in [0.1, 0.15) is 12.1 Å². The van der Waals surface area contributed by atoms with Crippen LogP contribution in [0.3, 0.4) is 0 Å². The van der Waals surface area contributed by atoms with Crippen molar-refractivity contribution in [2.45, 2.75) is 19.3 Å². The highest BCUT2D eigenvalue weighted by Gasteiger charge is 2.12. The highest BCUT2D eigenvalue weighted by molar-refractivity contribution is 5.83. The van der Waals surface area contributed by atoms with E-state index in [0.29, 0.717) is 6.29 Å². The number of piperidine rings is 1. The Morgan fingerprint density at radius 1 is 1.62 bits per heavy atom. The second kappa shape index (κ2) is 4.64. The number of aliphatic imine (C=N–C) groups is 1. The number of amidine groups is 1. The van der Waals surface area contributed by atoms with Crippen LogP contribution in [-0.4, -0.2) is 35.7 Å². The van der Waals surface area contributed by atoms with E-state index in [9.17, 15) is 4.79 Å². The Morgan fingerprint density at radius 2 is 2.38 bits per heavy atom. The van der Waals surface area contributed by atoms with Gasteiger partial charge in [0.2, 0.25) is 5.88 Å². The Hall–Kier alpha value is -1.32. The van der Waals surface area contributed by atoms with Crippen molar-refractivity contribution in [3.63, 3.8) is 0 Å². The van der Waals surface area contributed by atoms with E-state index in [2.05, 4.69) is 4.99 Å². The number of carbonyl (C=O) groups is 1. The number of nitrogens with zero attached hydrogens (tertiary/aromatic N) is 2. The third kappa shape index (κ3) is 2.89. The number of aliphatic hydroxyl groups is 1. The van der Waals surface area contributed by atoms with Gasteiger partial charge in [-0.1, -0.05) is 0 Å². The lowest BCUT2D eigenvalue weighted by atomic mass is 10.1. The van der Waals surface area contributed by atoms with Crippen LogP contribution in [0.25, 0.3) is 0 Å². The maximum absolute atomic E-state index is 10.0. The predicted molar refractivity (Wildman–Crippen MR) is 50.7 cm³/mol. The molecular weight excluding hydrogens is 168 g/mol. The van der Waals surface area contributed by atoms with Crippen LogP contribution in [0.2, 0.25) is 0 Å². The molecular formula is C9H14N2O2. The first-order chi connectivity index (χ1) is 6.24. The van der Waals surface area contributed by atoms with Gasteiger partial charge in [-0.2, -0.15) is 0 Å². The van der Waals surface area contributed by atoms with Crippen molar-refractivity contribution in [2.24, 2.45) is 4.99 Å². The summed E-state index contributed by atoms with van der Waals surface area (Å²) in [6, 6.07) is 0. The van der Waals surface area contributed by atoms with Crippen LogP contribution >= 0.6 is 0 Å². The summed E-state index contributed by atoms with van der Waals surface area (Å²) in [5.41, 5.74) is 0. The lowest BCUT2D eigenvalue weighted by molar-refractivity contribution is -0.104. The number of aldehydes is 1. The topological polar surface area (TPSA) is 52.9 Å². The summed E-state index contributed by atoms with van der Waals surface area (Å²) in [6.07, 6.45) is 4.70. The minimum absolute atomic E-state index is 0.209. The van der Waals surface area contributed by atoms with Crippen LogP contribution in [-0.2, 0) is 4.79 Å². The number of aliphatic hydroxyl groups excluding tert-OH is 1. The Bertz CT molecular complexity index is 246. The van der Waals surface area contributed by atoms with Crippen molar-refractivity contribution in [1.82, 2.24) is 4.90 Å². The van der Waals surface area contributed by atoms with Gasteiger partial charge < -0.3 is 10.0 Å². The fourth-order valence-corrected chi connectivity index (χ4v) is 1.32. The molecule has 0 atom stereocenters. The molecule has 1 aliphatic heterocycles. The number of likely N-dealkylation sites (tertiary alicyclic amines) is 1. The first-order valence-corrected chi connectivity index (χ1v) is 4.37. The van der Waals surface area contributed by atoms with E-state index in [0.717, 1.165) is 37.7 Å². The molecule has 4 heteroatoms. The number of hydrogen-bond donors (Lipinski definition) is 1. The first-order valence-electron chi connectivity index (χ1n) is 4.37. The first kappa shape index (κ1) is 9.77. The van der Waals surface area contributed by atoms with Crippen LogP contribution < -0.4 is 0 Å². The molecule has 1 fully saturated rings. The van der Waals surface area contributed by atoms with Gasteiger partial charge in [-0.25, -0.2) is 4.99 Å². The largest absolute Gasteiger partial charge is 0.493 e. The van der Waals surface area contributed by atoms with Crippen LogP contribution in [0.4, 0.5) is 0 Å². The molecule has 13 heavy (non-hydrogen) atoms. The molecule has 0 radical (unpaired) electrons. The zero-order valence-corrected chi connectivity index (χ0v) is 7.73. The summed E-state index contributed by atoms with van der Waals surface area (Å²) >= 11 is 0. The standard InChI is InChI=1S/C9H14N2O2/c1-11-6-3-2-4-8(11)10-9(13)5-7-12/h5,7,13H,2-4,6H2,1H3/b9-5+,10-8-. The molecule has 1 saturated heterocycles. The molecule has 0 spiro atoms. The van der Waals surface area contributed by atoms with Crippen LogP contribution in [0.5, 0.6) is 0 Å². The fraction of sp³-hybridized carbons (Fsp3) is 0.556. The van der Waals surface area contributed by atoms with Crippen molar-refractivity contribution in [2.75, 3.05) is 13.6 Å². The molecule has 0 unspecified atom stereocenters. The van der Waals surface area contributed by atoms with E-state index in [4.69, 9.17) is 5.11 Å². The molecule has 0 saturated carbocycles. The summed E-state index contributed by atoms with van der Waals surface area (Å²) in [4.78, 5) is 16.0. The van der Waals surface area contributed by atoms with Gasteiger partial charge >= 0.3 is 0 Å². The SMILES string of the molecule is CN1CCCC/C1=N/C(O)=C\C=O. The summed E-state index contributed by atoms with van der Waals surface area (Å²) in [5, 5.41) is 9.13. The van der Waals surface area contributed by atoms with Crippen LogP contribution in [0, 0.1) is 0 Å². The van der Waals surface area contributed by atoms with Crippen molar-refractivity contribution in [3.05, 3.63) is 12.0 Å². The van der Waals surface area contributed by atoms with Gasteiger partial charge in [0, 0.05) is 26.1 Å². The highest BCUT2D eigenvalue weighted by atomic mass is 16.3. The number of hydrogen-bond acceptors (Lipinski definition) is 3. The Labute approximate surface area is 77.6 Å². The molecule has 0 aliphatic carbocycles. The van der Waals surface area contributed by atoms with E-state index in [1.165, 1.54) is 0 Å². The zero-order chi connectivity index (χ0) is 9.68. The second-order valence-electron chi connectivity index (χ2n) is 3.07. The molecule has 0 aromatic rings. The molecule has 1 N–H and O–H groups in total. The van der Waals surface area contributed by atoms with E-state index in [1.54, 1.807) is 0 Å². The number of carbonyl (C=O) groups excluding carboxylic acids is 1. The lowest BCUT2D eigenvalue weighted by Gasteiger charge is -2.25. The van der Waals surface area contributed by atoms with Gasteiger partial charge in [0.05, 0.1) is 0 Å². The predicted octanol–water partition coefficient (Wildman–Crippen LogP) is 1.10. The molecule has 0 aromatic heterocycles. The fourth-order valence-electron chi connectivity index (χ4n) is 1.32. The van der Waals surface area contributed by atoms with Gasteiger partial charge in [0.15, 0.2) is 0 Å². The quantitative estimate of drug-likeness (QED) is 0.395. The summed E-state index contributed by atoms with van der Waals surface area (Å²) in [5.74, 6) is 0.639. The number of allylic oxidation sites excluding steroid dienone is 1. The van der Waals surface area contributed by atoms with Crippen LogP contribution in [0.1, 0.15) is 19.3 Å². The van der Waals surface area contributed by atoms with Crippen molar-refractivity contribution in [1.29, 1.82) is 0 Å². The van der Waals surface area contributed by atoms with Crippen molar-refractivity contribution >= 4 is 12.1 Å². The highest BCUT2D eigenvalue weighted by Crippen LogP contribution is 2.11. The summed E-state index contributed by atoms with van der Waals surface area (Å²) in [6.45, 7) is 0.965. The molecule has 0 aromatic carbocycles. The minimum Gasteiger partial charge on any atom is -0.493 e. The maximum atomic E-state index is 10.0. The molecule has 1 heterocycles. The van der Waals surface area contributed by atoms with Crippen molar-refractivity contribution in [3.8, 4) is 0 Å². The van der Waals surface area contributed by atoms with Crippen molar-refractivity contribution < 1.29 is 9.90 Å². The Balaban J connectivity index is 2.67. The third-order valence-electron chi connectivity index (χ3n) is 2.05. The van der Waals surface area contributed by atoms with Gasteiger partial charge in [-0.15, -0.1) is 0 Å². The third-order valence-corrected chi connectivity index (χ3v) is 2.05. The van der Waals surface area contributed by atoms with Gasteiger partial charge in [0.25, 0.3) is 0 Å². The molecule has 0 bridgehead atoms. The number of rotatable bonds is 2. The van der Waals surface area contributed by atoms with Gasteiger partial charge in [-0.05, 0) is 12.8 Å². The summed E-state index contributed by atoms with van der Waals surface area (Å²) in [7, 11) is 1.94. The lowest BCUT2D eigenvalue weighted by Crippen LogP contribution is -2.31. The Morgan fingerprint density at radius 3 is 3.00 bits per heavy atom. The normalized spacial score (nSPS) is 22.1. The van der Waals surface area contributed by atoms with E-state index in [1.807, 2.05) is 11.9 Å².